The van der Waals surface area contributed by atoms with Gasteiger partial charge in [0.25, 0.3) is 0 Å². The van der Waals surface area contributed by atoms with Crippen molar-refractivity contribution in [3.63, 3.8) is 0 Å². The standard InChI is InChI=1S/C5H7ClN2/c1-4-3-7-8(2)5(4)6/h3H,1-2H3. The first kappa shape index (κ1) is 5.63. The molecule has 0 saturated heterocycles. The lowest BCUT2D eigenvalue weighted by Gasteiger charge is -1.87. The van der Waals surface area contributed by atoms with Gasteiger partial charge < -0.3 is 0 Å². The molecule has 1 aromatic heterocycles. The fourth-order valence-electron chi connectivity index (χ4n) is 0.532. The van der Waals surface area contributed by atoms with Crippen LogP contribution in [-0.4, -0.2) is 9.78 Å². The second-order valence-electron chi connectivity index (χ2n) is 1.74. The molecule has 0 unspecified atom stereocenters. The molecular weight excluding hydrogens is 124 g/mol. The molecule has 44 valence electrons. The summed E-state index contributed by atoms with van der Waals surface area (Å²) in [6.45, 7) is 1.93. The van der Waals surface area contributed by atoms with Crippen molar-refractivity contribution >= 4 is 11.6 Å². The molecule has 1 rings (SSSR count). The molecule has 0 spiro atoms. The first-order valence-corrected chi connectivity index (χ1v) is 2.73. The lowest BCUT2D eigenvalue weighted by atomic mass is 10.4. The van der Waals surface area contributed by atoms with Gasteiger partial charge in [-0.15, -0.1) is 0 Å². The minimum absolute atomic E-state index is 0.713. The van der Waals surface area contributed by atoms with Crippen LogP contribution in [0.15, 0.2) is 6.20 Å². The van der Waals surface area contributed by atoms with Gasteiger partial charge in [-0.3, -0.25) is 4.68 Å². The van der Waals surface area contributed by atoms with E-state index in [4.69, 9.17) is 11.6 Å². The van der Waals surface area contributed by atoms with Crippen molar-refractivity contribution in [1.29, 1.82) is 0 Å². The van der Waals surface area contributed by atoms with Gasteiger partial charge in [0.1, 0.15) is 5.15 Å². The molecular formula is C5H7ClN2. The zero-order chi connectivity index (χ0) is 6.15. The molecule has 1 aromatic rings. The van der Waals surface area contributed by atoms with E-state index in [1.807, 2.05) is 14.0 Å². The fourth-order valence-corrected chi connectivity index (χ4v) is 0.625. The Morgan fingerprint density at radius 1 is 1.75 bits per heavy atom. The molecule has 0 aliphatic rings. The molecule has 1 heterocycles. The van der Waals surface area contributed by atoms with Crippen molar-refractivity contribution in [3.05, 3.63) is 16.9 Å². The van der Waals surface area contributed by atoms with Gasteiger partial charge in [0.15, 0.2) is 0 Å². The monoisotopic (exact) mass is 130 g/mol. The average Bonchev–Trinajstić information content (AvgIpc) is 1.98. The van der Waals surface area contributed by atoms with Gasteiger partial charge in [-0.05, 0) is 6.92 Å². The largest absolute Gasteiger partial charge is 0.257 e. The number of nitrogens with zero attached hydrogens (tertiary/aromatic N) is 2. The molecule has 0 fully saturated rings. The summed E-state index contributed by atoms with van der Waals surface area (Å²) in [4.78, 5) is 0. The van der Waals surface area contributed by atoms with Crippen LogP contribution in [0.2, 0.25) is 5.15 Å². The molecule has 0 aliphatic heterocycles. The van der Waals surface area contributed by atoms with Gasteiger partial charge in [0, 0.05) is 12.6 Å². The normalized spacial score (nSPS) is 9.88. The Morgan fingerprint density at radius 3 is 2.50 bits per heavy atom. The smallest absolute Gasteiger partial charge is 0.129 e. The third-order valence-corrected chi connectivity index (χ3v) is 1.58. The van der Waals surface area contributed by atoms with E-state index in [-0.39, 0.29) is 0 Å². The Kier molecular flexibility index (Phi) is 1.26. The average molecular weight is 131 g/mol. The van der Waals surface area contributed by atoms with Gasteiger partial charge >= 0.3 is 0 Å². The predicted octanol–water partition coefficient (Wildman–Crippen LogP) is 1.38. The molecule has 8 heavy (non-hydrogen) atoms. The van der Waals surface area contributed by atoms with Gasteiger partial charge in [-0.25, -0.2) is 0 Å². The zero-order valence-corrected chi connectivity index (χ0v) is 5.61. The van der Waals surface area contributed by atoms with Crippen molar-refractivity contribution in [2.45, 2.75) is 6.92 Å². The van der Waals surface area contributed by atoms with Crippen LogP contribution in [0.1, 0.15) is 5.56 Å². The van der Waals surface area contributed by atoms with E-state index in [0.29, 0.717) is 5.15 Å². The van der Waals surface area contributed by atoms with Crippen molar-refractivity contribution in [2.75, 3.05) is 0 Å². The lowest BCUT2D eigenvalue weighted by molar-refractivity contribution is 0.768. The highest BCUT2D eigenvalue weighted by atomic mass is 35.5. The van der Waals surface area contributed by atoms with Gasteiger partial charge in [-0.1, -0.05) is 11.6 Å². The molecule has 0 aromatic carbocycles. The van der Waals surface area contributed by atoms with E-state index < -0.39 is 0 Å². The van der Waals surface area contributed by atoms with Crippen LogP contribution in [0.25, 0.3) is 0 Å². The molecule has 0 saturated carbocycles. The molecule has 2 nitrogen and oxygen atoms in total. The van der Waals surface area contributed by atoms with Crippen LogP contribution in [0.5, 0.6) is 0 Å². The van der Waals surface area contributed by atoms with Crippen molar-refractivity contribution in [3.8, 4) is 0 Å². The van der Waals surface area contributed by atoms with Crippen LogP contribution in [0.4, 0.5) is 0 Å². The van der Waals surface area contributed by atoms with E-state index >= 15 is 0 Å². The minimum atomic E-state index is 0.713. The second kappa shape index (κ2) is 1.78. The van der Waals surface area contributed by atoms with Gasteiger partial charge in [0.05, 0.1) is 6.20 Å². The Balaban J connectivity index is 3.19. The van der Waals surface area contributed by atoms with Crippen LogP contribution in [0, 0.1) is 6.92 Å². The molecule has 0 radical (unpaired) electrons. The minimum Gasteiger partial charge on any atom is -0.257 e. The Hall–Kier alpha value is -0.500. The Bertz CT molecular complexity index is 173. The van der Waals surface area contributed by atoms with Crippen molar-refractivity contribution in [1.82, 2.24) is 9.78 Å². The highest BCUT2D eigenvalue weighted by Crippen LogP contribution is 2.10. The summed E-state index contributed by atoms with van der Waals surface area (Å²) < 4.78 is 1.64. The number of rotatable bonds is 0. The molecule has 0 N–H and O–H groups in total. The summed E-state index contributed by atoms with van der Waals surface area (Å²) in [5.41, 5.74) is 1.02. The SMILES string of the molecule is Cc1cnn(C)c1Cl. The third kappa shape index (κ3) is 0.713. The topological polar surface area (TPSA) is 17.8 Å². The maximum absolute atomic E-state index is 5.69. The zero-order valence-electron chi connectivity index (χ0n) is 4.85. The summed E-state index contributed by atoms with van der Waals surface area (Å²) in [5, 5.41) is 4.61. The van der Waals surface area contributed by atoms with E-state index in [2.05, 4.69) is 5.10 Å². The quantitative estimate of drug-likeness (QED) is 0.519. The highest BCUT2D eigenvalue weighted by molar-refractivity contribution is 6.30. The van der Waals surface area contributed by atoms with Crippen LogP contribution < -0.4 is 0 Å². The van der Waals surface area contributed by atoms with Crippen LogP contribution in [0.3, 0.4) is 0 Å². The summed E-state index contributed by atoms with van der Waals surface area (Å²) in [6.07, 6.45) is 1.74. The highest BCUT2D eigenvalue weighted by Gasteiger charge is 1.96. The molecule has 0 atom stereocenters. The molecule has 0 amide bonds. The Morgan fingerprint density at radius 2 is 2.38 bits per heavy atom. The van der Waals surface area contributed by atoms with Crippen molar-refractivity contribution in [2.24, 2.45) is 7.05 Å². The first-order chi connectivity index (χ1) is 3.72. The van der Waals surface area contributed by atoms with Gasteiger partial charge in [0.2, 0.25) is 0 Å². The van der Waals surface area contributed by atoms with Crippen molar-refractivity contribution < 1.29 is 0 Å². The summed E-state index contributed by atoms with van der Waals surface area (Å²) in [7, 11) is 1.81. The molecule has 0 bridgehead atoms. The number of aromatic nitrogens is 2. The van der Waals surface area contributed by atoms with Gasteiger partial charge in [-0.2, -0.15) is 5.10 Å². The summed E-state index contributed by atoms with van der Waals surface area (Å²) >= 11 is 5.69. The lowest BCUT2D eigenvalue weighted by Crippen LogP contribution is -1.87. The fraction of sp³-hybridized carbons (Fsp3) is 0.400. The molecule has 3 heteroatoms. The summed E-state index contributed by atoms with van der Waals surface area (Å²) in [6, 6.07) is 0. The second-order valence-corrected chi connectivity index (χ2v) is 2.10. The summed E-state index contributed by atoms with van der Waals surface area (Å²) in [5.74, 6) is 0. The maximum atomic E-state index is 5.69. The molecule has 0 aliphatic carbocycles. The number of aryl methyl sites for hydroxylation is 2. The number of hydrogen-bond acceptors (Lipinski definition) is 1. The number of hydrogen-bond donors (Lipinski definition) is 0. The van der Waals surface area contributed by atoms with E-state index in [9.17, 15) is 0 Å². The number of halogens is 1. The first-order valence-electron chi connectivity index (χ1n) is 2.36. The van der Waals surface area contributed by atoms with E-state index in [1.165, 1.54) is 0 Å². The third-order valence-electron chi connectivity index (χ3n) is 1.03. The van der Waals surface area contributed by atoms with Crippen LogP contribution >= 0.6 is 11.6 Å². The maximum Gasteiger partial charge on any atom is 0.129 e. The van der Waals surface area contributed by atoms with Crippen LogP contribution in [-0.2, 0) is 7.05 Å². The van der Waals surface area contributed by atoms with E-state index in [0.717, 1.165) is 5.56 Å². The Labute approximate surface area is 53.1 Å². The van der Waals surface area contributed by atoms with E-state index in [1.54, 1.807) is 10.9 Å². The predicted molar refractivity (Wildman–Crippen MR) is 33.0 cm³/mol.